The molecule has 0 atom stereocenters. The van der Waals surface area contributed by atoms with Gasteiger partial charge in [0.2, 0.25) is 0 Å². The van der Waals surface area contributed by atoms with Crippen LogP contribution in [0.25, 0.3) is 38.4 Å². The van der Waals surface area contributed by atoms with Gasteiger partial charge in [-0.05, 0) is 29.2 Å². The first-order valence-corrected chi connectivity index (χ1v) is 8.90. The van der Waals surface area contributed by atoms with E-state index in [-0.39, 0.29) is 0 Å². The highest BCUT2D eigenvalue weighted by molar-refractivity contribution is 7.20. The second-order valence-electron chi connectivity index (χ2n) is 5.87. The van der Waals surface area contributed by atoms with Crippen LogP contribution in [0.15, 0.2) is 79.4 Å². The molecule has 0 N–H and O–H groups in total. The van der Waals surface area contributed by atoms with Gasteiger partial charge in [-0.3, -0.25) is 0 Å². The fraction of sp³-hybridized carbons (Fsp3) is 0.0435. The van der Waals surface area contributed by atoms with Crippen molar-refractivity contribution in [1.82, 2.24) is 0 Å². The normalized spacial score (nSPS) is 10.9. The monoisotopic (exact) mass is 326 g/mol. The number of rotatable bonds is 3. The molecule has 0 saturated heterocycles. The molecule has 116 valence electrons. The summed E-state index contributed by atoms with van der Waals surface area (Å²) in [6, 6.07) is 25.7. The van der Waals surface area contributed by atoms with Crippen LogP contribution in [0.3, 0.4) is 0 Å². The second-order valence-corrected chi connectivity index (χ2v) is 7.10. The Kier molecular flexibility index (Phi) is 3.79. The van der Waals surface area contributed by atoms with E-state index in [0.717, 1.165) is 0 Å². The topological polar surface area (TPSA) is 0 Å². The van der Waals surface area contributed by atoms with Gasteiger partial charge in [-0.15, -0.1) is 11.3 Å². The molecule has 1 heterocycles. The minimum atomic E-state index is 1.19. The highest BCUT2D eigenvalue weighted by atomic mass is 32.1. The van der Waals surface area contributed by atoms with Crippen LogP contribution >= 0.6 is 11.3 Å². The fourth-order valence-electron chi connectivity index (χ4n) is 3.32. The first-order valence-electron chi connectivity index (χ1n) is 8.09. The van der Waals surface area contributed by atoms with Crippen LogP contribution in [0.2, 0.25) is 0 Å². The van der Waals surface area contributed by atoms with Crippen LogP contribution in [0, 0.1) is 6.92 Å². The number of thiophene rings is 1. The largest absolute Gasteiger partial charge is 0.139 e. The number of benzene rings is 3. The third-order valence-corrected chi connectivity index (χ3v) is 5.58. The Morgan fingerprint density at radius 2 is 1.50 bits per heavy atom. The molecule has 4 rings (SSSR count). The molecule has 0 aliphatic carbocycles. The highest BCUT2D eigenvalue weighted by Crippen LogP contribution is 2.43. The molecule has 0 spiro atoms. The van der Waals surface area contributed by atoms with Gasteiger partial charge in [0.15, 0.2) is 0 Å². The standard InChI is InChI=1S/C23H18S/c1-3-17-10-7-8-13-19(17)22-16(2)24-23-20(14-9-15-21(22)23)18-11-5-4-6-12-18/h3-15H,1H2,2H3. The molecule has 0 aliphatic rings. The van der Waals surface area contributed by atoms with Gasteiger partial charge in [0, 0.05) is 20.5 Å². The minimum absolute atomic E-state index is 1.19. The van der Waals surface area contributed by atoms with Gasteiger partial charge < -0.3 is 0 Å². The van der Waals surface area contributed by atoms with Gasteiger partial charge in [-0.2, -0.15) is 0 Å². The summed E-state index contributed by atoms with van der Waals surface area (Å²) in [4.78, 5) is 1.35. The molecule has 0 nitrogen and oxygen atoms in total. The lowest BCUT2D eigenvalue weighted by atomic mass is 9.95. The Labute approximate surface area is 146 Å². The van der Waals surface area contributed by atoms with Gasteiger partial charge in [-0.25, -0.2) is 0 Å². The molecule has 0 unspecified atom stereocenters. The van der Waals surface area contributed by atoms with Crippen molar-refractivity contribution in [3.8, 4) is 22.3 Å². The molecule has 0 radical (unpaired) electrons. The summed E-state index contributed by atoms with van der Waals surface area (Å²) in [6.07, 6.45) is 1.94. The summed E-state index contributed by atoms with van der Waals surface area (Å²) < 4.78 is 1.36. The van der Waals surface area contributed by atoms with E-state index >= 15 is 0 Å². The third-order valence-electron chi connectivity index (χ3n) is 4.43. The molecule has 0 bridgehead atoms. The Balaban J connectivity index is 2.03. The number of fused-ring (bicyclic) bond motifs is 1. The second kappa shape index (κ2) is 6.10. The number of hydrogen-bond acceptors (Lipinski definition) is 1. The molecule has 24 heavy (non-hydrogen) atoms. The zero-order chi connectivity index (χ0) is 16.5. The van der Waals surface area contributed by atoms with Crippen LogP contribution < -0.4 is 0 Å². The maximum atomic E-state index is 3.98. The third kappa shape index (κ3) is 2.38. The van der Waals surface area contributed by atoms with E-state index in [4.69, 9.17) is 0 Å². The molecular weight excluding hydrogens is 308 g/mol. The molecule has 0 fully saturated rings. The Morgan fingerprint density at radius 3 is 2.29 bits per heavy atom. The summed E-state index contributed by atoms with van der Waals surface area (Å²) in [7, 11) is 0. The fourth-order valence-corrected chi connectivity index (χ4v) is 4.52. The van der Waals surface area contributed by atoms with Crippen LogP contribution in [-0.4, -0.2) is 0 Å². The molecular formula is C23H18S. The first-order chi connectivity index (χ1) is 11.8. The number of hydrogen-bond donors (Lipinski definition) is 0. The quantitative estimate of drug-likeness (QED) is 0.374. The smallest absolute Gasteiger partial charge is 0.0430 e. The van der Waals surface area contributed by atoms with Gasteiger partial charge in [0.05, 0.1) is 0 Å². The Morgan fingerprint density at radius 1 is 0.792 bits per heavy atom. The maximum absolute atomic E-state index is 3.98. The van der Waals surface area contributed by atoms with Gasteiger partial charge in [0.1, 0.15) is 0 Å². The van der Waals surface area contributed by atoms with E-state index in [9.17, 15) is 0 Å². The molecule has 0 amide bonds. The number of aryl methyl sites for hydroxylation is 1. The van der Waals surface area contributed by atoms with Crippen LogP contribution in [0.5, 0.6) is 0 Å². The van der Waals surface area contributed by atoms with Gasteiger partial charge in [0.25, 0.3) is 0 Å². The minimum Gasteiger partial charge on any atom is -0.139 e. The van der Waals surface area contributed by atoms with Crippen molar-refractivity contribution in [3.05, 3.63) is 89.8 Å². The predicted octanol–water partition coefficient (Wildman–Crippen LogP) is 7.19. The Hall–Kier alpha value is -2.64. The lowest BCUT2D eigenvalue weighted by molar-refractivity contribution is 1.58. The molecule has 3 aromatic carbocycles. The average Bonchev–Trinajstić information content (AvgIpc) is 2.98. The van der Waals surface area contributed by atoms with Crippen molar-refractivity contribution >= 4 is 27.5 Å². The maximum Gasteiger partial charge on any atom is 0.0430 e. The van der Waals surface area contributed by atoms with Crippen molar-refractivity contribution in [3.63, 3.8) is 0 Å². The average molecular weight is 326 g/mol. The van der Waals surface area contributed by atoms with Gasteiger partial charge in [-0.1, -0.05) is 85.5 Å². The SMILES string of the molecule is C=Cc1ccccc1-c1c(C)sc2c(-c3ccccc3)cccc12. The zero-order valence-corrected chi connectivity index (χ0v) is 14.4. The van der Waals surface area contributed by atoms with Crippen molar-refractivity contribution in [2.24, 2.45) is 0 Å². The Bertz CT molecular complexity index is 1020. The van der Waals surface area contributed by atoms with Crippen molar-refractivity contribution < 1.29 is 0 Å². The lowest BCUT2D eigenvalue weighted by Gasteiger charge is -2.08. The van der Waals surface area contributed by atoms with E-state index in [1.165, 1.54) is 42.8 Å². The van der Waals surface area contributed by atoms with Crippen molar-refractivity contribution in [1.29, 1.82) is 0 Å². The van der Waals surface area contributed by atoms with E-state index < -0.39 is 0 Å². The molecule has 1 heteroatoms. The van der Waals surface area contributed by atoms with Crippen LogP contribution in [0.4, 0.5) is 0 Å². The first kappa shape index (κ1) is 14.9. The summed E-state index contributed by atoms with van der Waals surface area (Å²) >= 11 is 1.88. The lowest BCUT2D eigenvalue weighted by Crippen LogP contribution is -1.84. The van der Waals surface area contributed by atoms with Crippen molar-refractivity contribution in [2.75, 3.05) is 0 Å². The van der Waals surface area contributed by atoms with Crippen molar-refractivity contribution in [2.45, 2.75) is 6.92 Å². The summed E-state index contributed by atoms with van der Waals surface area (Å²) in [5, 5.41) is 1.33. The molecule has 0 aliphatic heterocycles. The van der Waals surface area contributed by atoms with E-state index in [1.54, 1.807) is 0 Å². The van der Waals surface area contributed by atoms with Crippen LogP contribution in [-0.2, 0) is 0 Å². The van der Waals surface area contributed by atoms with Gasteiger partial charge >= 0.3 is 0 Å². The summed E-state index contributed by atoms with van der Waals surface area (Å²) in [5.41, 5.74) is 6.37. The predicted molar refractivity (Wildman–Crippen MR) is 108 cm³/mol. The van der Waals surface area contributed by atoms with E-state index in [2.05, 4.69) is 86.3 Å². The molecule has 1 aromatic heterocycles. The summed E-state index contributed by atoms with van der Waals surface area (Å²) in [5.74, 6) is 0. The zero-order valence-electron chi connectivity index (χ0n) is 13.6. The van der Waals surface area contributed by atoms with Crippen LogP contribution in [0.1, 0.15) is 10.4 Å². The summed E-state index contributed by atoms with van der Waals surface area (Å²) in [6.45, 7) is 6.20. The highest BCUT2D eigenvalue weighted by Gasteiger charge is 2.15. The molecule has 4 aromatic rings. The van der Waals surface area contributed by atoms with E-state index in [1.807, 2.05) is 17.4 Å². The van der Waals surface area contributed by atoms with E-state index in [0.29, 0.717) is 0 Å². The molecule has 0 saturated carbocycles.